The number of benzene rings is 1. The highest BCUT2D eigenvalue weighted by Gasteiger charge is 2.10. The van der Waals surface area contributed by atoms with Gasteiger partial charge < -0.3 is 15.5 Å². The lowest BCUT2D eigenvalue weighted by atomic mass is 10.1. The molecule has 3 N–H and O–H groups in total. The number of hydrogen-bond acceptors (Lipinski definition) is 3. The van der Waals surface area contributed by atoms with Crippen molar-refractivity contribution in [1.82, 2.24) is 9.55 Å². The second-order valence-electron chi connectivity index (χ2n) is 4.63. The van der Waals surface area contributed by atoms with E-state index < -0.39 is 0 Å². The van der Waals surface area contributed by atoms with Crippen molar-refractivity contribution in [3.63, 3.8) is 0 Å². The highest BCUT2D eigenvalue weighted by Crippen LogP contribution is 2.23. The zero-order valence-corrected chi connectivity index (χ0v) is 11.8. The van der Waals surface area contributed by atoms with Crippen molar-refractivity contribution in [3.8, 4) is 0 Å². The molecule has 0 atom stereocenters. The minimum atomic E-state index is 0.0975. The molecule has 3 aromatic rings. The number of rotatable bonds is 3. The molecule has 106 valence electrons. The lowest BCUT2D eigenvalue weighted by molar-refractivity contribution is 0.318. The predicted octanol–water partition coefficient (Wildman–Crippen LogP) is 2.83. The SMILES string of the molecule is N/C(=N/O)c1cccc2c1ccn2Cc1ccncc1Cl. The van der Waals surface area contributed by atoms with Crippen LogP contribution in [0, 0.1) is 0 Å². The van der Waals surface area contributed by atoms with Crippen molar-refractivity contribution in [2.45, 2.75) is 6.54 Å². The van der Waals surface area contributed by atoms with Gasteiger partial charge in [0.1, 0.15) is 0 Å². The third kappa shape index (κ3) is 2.43. The maximum atomic E-state index is 8.86. The Bertz CT molecular complexity index is 825. The van der Waals surface area contributed by atoms with Crippen LogP contribution >= 0.6 is 11.6 Å². The normalized spacial score (nSPS) is 12.0. The number of nitrogens with two attached hydrogens (primary N) is 1. The summed E-state index contributed by atoms with van der Waals surface area (Å²) in [5, 5.41) is 13.5. The van der Waals surface area contributed by atoms with E-state index in [4.69, 9.17) is 22.5 Å². The van der Waals surface area contributed by atoms with Crippen LogP contribution in [0.5, 0.6) is 0 Å². The van der Waals surface area contributed by atoms with Gasteiger partial charge in [0.2, 0.25) is 0 Å². The average Bonchev–Trinajstić information content (AvgIpc) is 2.92. The van der Waals surface area contributed by atoms with Gasteiger partial charge >= 0.3 is 0 Å². The molecule has 5 nitrogen and oxygen atoms in total. The molecule has 0 aliphatic carbocycles. The summed E-state index contributed by atoms with van der Waals surface area (Å²) >= 11 is 6.15. The lowest BCUT2D eigenvalue weighted by Crippen LogP contribution is -2.13. The van der Waals surface area contributed by atoms with Gasteiger partial charge in [-0.3, -0.25) is 4.98 Å². The van der Waals surface area contributed by atoms with E-state index in [0.717, 1.165) is 16.5 Å². The third-order valence-electron chi connectivity index (χ3n) is 3.39. The fourth-order valence-corrected chi connectivity index (χ4v) is 2.53. The Kier molecular flexibility index (Phi) is 3.50. The molecule has 1 aromatic carbocycles. The number of amidine groups is 1. The molecule has 3 rings (SSSR count). The molecule has 0 aliphatic rings. The number of hydrogen-bond donors (Lipinski definition) is 2. The number of nitrogens with zero attached hydrogens (tertiary/aromatic N) is 3. The van der Waals surface area contributed by atoms with Crippen LogP contribution < -0.4 is 5.73 Å². The molecule has 6 heteroatoms. The summed E-state index contributed by atoms with van der Waals surface area (Å²) in [7, 11) is 0. The van der Waals surface area contributed by atoms with Crippen molar-refractivity contribution < 1.29 is 5.21 Å². The quantitative estimate of drug-likeness (QED) is 0.338. The van der Waals surface area contributed by atoms with Crippen molar-refractivity contribution >= 4 is 28.3 Å². The van der Waals surface area contributed by atoms with Gasteiger partial charge in [0.25, 0.3) is 0 Å². The maximum Gasteiger partial charge on any atom is 0.170 e. The van der Waals surface area contributed by atoms with E-state index >= 15 is 0 Å². The van der Waals surface area contributed by atoms with Crippen LogP contribution in [0.25, 0.3) is 10.9 Å². The number of pyridine rings is 1. The van der Waals surface area contributed by atoms with E-state index in [2.05, 4.69) is 14.7 Å². The first-order valence-corrected chi connectivity index (χ1v) is 6.72. The molecule has 0 aliphatic heterocycles. The summed E-state index contributed by atoms with van der Waals surface area (Å²) in [6.45, 7) is 0.629. The Morgan fingerprint density at radius 1 is 1.33 bits per heavy atom. The minimum absolute atomic E-state index is 0.0975. The molecule has 0 bridgehead atoms. The fraction of sp³-hybridized carbons (Fsp3) is 0.0667. The van der Waals surface area contributed by atoms with Crippen LogP contribution in [0.3, 0.4) is 0 Å². The van der Waals surface area contributed by atoms with E-state index in [-0.39, 0.29) is 5.84 Å². The van der Waals surface area contributed by atoms with E-state index in [1.165, 1.54) is 0 Å². The second kappa shape index (κ2) is 5.46. The Labute approximate surface area is 126 Å². The Balaban J connectivity index is 2.08. The average molecular weight is 301 g/mol. The number of fused-ring (bicyclic) bond motifs is 1. The molecule has 0 saturated heterocycles. The van der Waals surface area contributed by atoms with Crippen LogP contribution in [0.15, 0.2) is 54.1 Å². The van der Waals surface area contributed by atoms with Crippen LogP contribution in [0.2, 0.25) is 5.02 Å². The summed E-state index contributed by atoms with van der Waals surface area (Å²) in [5.41, 5.74) is 8.39. The van der Waals surface area contributed by atoms with Gasteiger partial charge in [0.05, 0.1) is 5.02 Å². The van der Waals surface area contributed by atoms with Gasteiger partial charge in [-0.05, 0) is 23.8 Å². The molecule has 21 heavy (non-hydrogen) atoms. The van der Waals surface area contributed by atoms with E-state index in [1.54, 1.807) is 12.4 Å². The fourth-order valence-electron chi connectivity index (χ4n) is 2.35. The van der Waals surface area contributed by atoms with Gasteiger partial charge in [-0.2, -0.15) is 0 Å². The van der Waals surface area contributed by atoms with Gasteiger partial charge in [0, 0.05) is 41.6 Å². The summed E-state index contributed by atoms with van der Waals surface area (Å²) in [4.78, 5) is 3.98. The molecule has 0 amide bonds. The van der Waals surface area contributed by atoms with Gasteiger partial charge in [-0.15, -0.1) is 0 Å². The van der Waals surface area contributed by atoms with Crippen molar-refractivity contribution in [1.29, 1.82) is 0 Å². The predicted molar refractivity (Wildman–Crippen MR) is 82.8 cm³/mol. The summed E-state index contributed by atoms with van der Waals surface area (Å²) in [5.74, 6) is 0.0975. The molecular formula is C15H13ClN4O. The highest BCUT2D eigenvalue weighted by atomic mass is 35.5. The molecule has 0 saturated carbocycles. The van der Waals surface area contributed by atoms with E-state index in [0.29, 0.717) is 17.1 Å². The topological polar surface area (TPSA) is 76.4 Å². The number of halogens is 1. The first-order chi connectivity index (χ1) is 10.2. The largest absolute Gasteiger partial charge is 0.409 e. The van der Waals surface area contributed by atoms with Gasteiger partial charge in [-0.25, -0.2) is 0 Å². The third-order valence-corrected chi connectivity index (χ3v) is 3.73. The number of aromatic nitrogens is 2. The molecular weight excluding hydrogens is 288 g/mol. The number of oxime groups is 1. The molecule has 0 spiro atoms. The van der Waals surface area contributed by atoms with Crippen LogP contribution in [0.1, 0.15) is 11.1 Å². The molecule has 2 heterocycles. The monoisotopic (exact) mass is 300 g/mol. The van der Waals surface area contributed by atoms with Crippen LogP contribution in [-0.2, 0) is 6.54 Å². The summed E-state index contributed by atoms with van der Waals surface area (Å²) < 4.78 is 2.06. The zero-order chi connectivity index (χ0) is 14.8. The van der Waals surface area contributed by atoms with E-state index in [1.807, 2.05) is 36.5 Å². The van der Waals surface area contributed by atoms with Crippen LogP contribution in [0.4, 0.5) is 0 Å². The molecule has 2 aromatic heterocycles. The Morgan fingerprint density at radius 3 is 2.95 bits per heavy atom. The van der Waals surface area contributed by atoms with Crippen molar-refractivity contribution in [3.05, 3.63) is 65.1 Å². The van der Waals surface area contributed by atoms with Gasteiger partial charge in [-0.1, -0.05) is 28.9 Å². The minimum Gasteiger partial charge on any atom is -0.409 e. The first kappa shape index (κ1) is 13.5. The smallest absolute Gasteiger partial charge is 0.170 e. The molecule has 0 unspecified atom stereocenters. The Hall–Kier alpha value is -2.53. The summed E-state index contributed by atoms with van der Waals surface area (Å²) in [6.07, 6.45) is 5.30. The highest BCUT2D eigenvalue weighted by molar-refractivity contribution is 6.31. The van der Waals surface area contributed by atoms with Crippen molar-refractivity contribution in [2.75, 3.05) is 0 Å². The maximum absolute atomic E-state index is 8.86. The summed E-state index contributed by atoms with van der Waals surface area (Å²) in [6, 6.07) is 9.51. The first-order valence-electron chi connectivity index (χ1n) is 6.35. The van der Waals surface area contributed by atoms with Crippen molar-refractivity contribution in [2.24, 2.45) is 10.9 Å². The molecule has 0 radical (unpaired) electrons. The van der Waals surface area contributed by atoms with Crippen LogP contribution in [-0.4, -0.2) is 20.6 Å². The van der Waals surface area contributed by atoms with E-state index in [9.17, 15) is 0 Å². The standard InChI is InChI=1S/C15H13ClN4O/c16-13-8-18-6-4-10(13)9-20-7-5-11-12(15(17)19-21)2-1-3-14(11)20/h1-8,21H,9H2,(H2,17,19). The zero-order valence-electron chi connectivity index (χ0n) is 11.1. The Morgan fingerprint density at radius 2 is 2.19 bits per heavy atom. The second-order valence-corrected chi connectivity index (χ2v) is 5.04. The lowest BCUT2D eigenvalue weighted by Gasteiger charge is -2.08. The molecule has 0 fully saturated rings. The van der Waals surface area contributed by atoms with Gasteiger partial charge in [0.15, 0.2) is 5.84 Å².